The number of hydrogen-bond acceptors (Lipinski definition) is 3. The minimum atomic E-state index is -0.886. The Morgan fingerprint density at radius 1 is 1.39 bits per heavy atom. The summed E-state index contributed by atoms with van der Waals surface area (Å²) in [5.41, 5.74) is 2.26. The summed E-state index contributed by atoms with van der Waals surface area (Å²) in [7, 11) is 0. The topological polar surface area (TPSA) is 46.5 Å². The van der Waals surface area contributed by atoms with Crippen LogP contribution in [-0.4, -0.2) is 17.2 Å². The summed E-state index contributed by atoms with van der Waals surface area (Å²) in [4.78, 5) is 12.1. The van der Waals surface area contributed by atoms with Crippen LogP contribution in [0, 0.1) is 0 Å². The van der Waals surface area contributed by atoms with E-state index >= 15 is 0 Å². The number of aryl methyl sites for hydroxylation is 1. The second-order valence-corrected chi connectivity index (χ2v) is 5.23. The molecule has 2 heterocycles. The summed E-state index contributed by atoms with van der Waals surface area (Å²) in [6.07, 6.45) is 0.590. The van der Waals surface area contributed by atoms with E-state index in [4.69, 9.17) is 9.84 Å². The molecule has 1 aromatic heterocycles. The standard InChI is InChI=1S/C14H12O3S/c15-14(16)12-6-3-9-8-10(4-5-11(9)17-12)13-2-1-7-18-13/h1-2,4-5,7-8,12H,3,6H2,(H,15,16)/t12-/m1/s1. The Morgan fingerprint density at radius 2 is 2.28 bits per heavy atom. The van der Waals surface area contributed by atoms with Gasteiger partial charge in [-0.15, -0.1) is 11.3 Å². The first-order valence-electron chi connectivity index (χ1n) is 5.80. The maximum Gasteiger partial charge on any atom is 0.344 e. The van der Waals surface area contributed by atoms with Crippen LogP contribution in [0.3, 0.4) is 0 Å². The van der Waals surface area contributed by atoms with Gasteiger partial charge in [-0.1, -0.05) is 6.07 Å². The average Bonchev–Trinajstić information content (AvgIpc) is 2.91. The van der Waals surface area contributed by atoms with Crippen LogP contribution in [-0.2, 0) is 11.2 Å². The molecule has 0 radical (unpaired) electrons. The minimum absolute atomic E-state index is 0.538. The number of hydrogen-bond donors (Lipinski definition) is 1. The molecular formula is C14H12O3S. The second-order valence-electron chi connectivity index (χ2n) is 4.28. The van der Waals surface area contributed by atoms with Gasteiger partial charge in [0.1, 0.15) is 5.75 Å². The van der Waals surface area contributed by atoms with Gasteiger partial charge in [0, 0.05) is 4.88 Å². The van der Waals surface area contributed by atoms with Crippen LogP contribution in [0.5, 0.6) is 5.75 Å². The smallest absolute Gasteiger partial charge is 0.344 e. The number of fused-ring (bicyclic) bond motifs is 1. The number of carboxylic acids is 1. The van der Waals surface area contributed by atoms with Crippen molar-refractivity contribution in [1.29, 1.82) is 0 Å². The van der Waals surface area contributed by atoms with Crippen LogP contribution in [0.25, 0.3) is 10.4 Å². The average molecular weight is 260 g/mol. The largest absolute Gasteiger partial charge is 0.479 e. The van der Waals surface area contributed by atoms with E-state index in [1.165, 1.54) is 10.4 Å². The maximum absolute atomic E-state index is 10.9. The molecule has 1 aliphatic heterocycles. The SMILES string of the molecule is O=C(O)[C@H]1CCc2cc(-c3cccs3)ccc2O1. The molecule has 1 aliphatic rings. The molecule has 0 spiro atoms. The lowest BCUT2D eigenvalue weighted by Gasteiger charge is -2.23. The first kappa shape index (κ1) is 11.3. The van der Waals surface area contributed by atoms with Crippen LogP contribution in [0.4, 0.5) is 0 Å². The van der Waals surface area contributed by atoms with E-state index in [2.05, 4.69) is 12.1 Å². The summed E-state index contributed by atoms with van der Waals surface area (Å²) in [5, 5.41) is 11.0. The van der Waals surface area contributed by atoms with Gasteiger partial charge in [-0.05, 0) is 53.6 Å². The summed E-state index contributed by atoms with van der Waals surface area (Å²) < 4.78 is 5.47. The van der Waals surface area contributed by atoms with Gasteiger partial charge in [-0.25, -0.2) is 4.79 Å². The van der Waals surface area contributed by atoms with Crippen LogP contribution >= 0.6 is 11.3 Å². The molecule has 1 atom stereocenters. The van der Waals surface area contributed by atoms with Gasteiger partial charge in [-0.3, -0.25) is 0 Å². The van der Waals surface area contributed by atoms with E-state index in [1.54, 1.807) is 11.3 Å². The molecule has 92 valence electrons. The van der Waals surface area contributed by atoms with E-state index in [0.29, 0.717) is 12.2 Å². The molecular weight excluding hydrogens is 248 g/mol. The lowest BCUT2D eigenvalue weighted by atomic mass is 9.99. The third kappa shape index (κ3) is 1.99. The molecule has 3 nitrogen and oxygen atoms in total. The van der Waals surface area contributed by atoms with Crippen molar-refractivity contribution in [2.24, 2.45) is 0 Å². The highest BCUT2D eigenvalue weighted by Gasteiger charge is 2.25. The van der Waals surface area contributed by atoms with Crippen LogP contribution < -0.4 is 4.74 Å². The van der Waals surface area contributed by atoms with Crippen LogP contribution in [0.2, 0.25) is 0 Å². The van der Waals surface area contributed by atoms with Gasteiger partial charge in [-0.2, -0.15) is 0 Å². The third-order valence-electron chi connectivity index (χ3n) is 3.09. The predicted molar refractivity (Wildman–Crippen MR) is 70.1 cm³/mol. The van der Waals surface area contributed by atoms with Crippen molar-refractivity contribution in [2.75, 3.05) is 0 Å². The minimum Gasteiger partial charge on any atom is -0.479 e. The fraction of sp³-hybridized carbons (Fsp3) is 0.214. The molecule has 0 bridgehead atoms. The van der Waals surface area contributed by atoms with Crippen LogP contribution in [0.15, 0.2) is 35.7 Å². The molecule has 18 heavy (non-hydrogen) atoms. The van der Waals surface area contributed by atoms with E-state index in [-0.39, 0.29) is 0 Å². The summed E-state index contributed by atoms with van der Waals surface area (Å²) in [5.74, 6) is -0.183. The Bertz CT molecular complexity index is 575. The number of ether oxygens (including phenoxy) is 1. The molecule has 1 aromatic carbocycles. The Kier molecular flexibility index (Phi) is 2.80. The van der Waals surface area contributed by atoms with Crippen molar-refractivity contribution in [3.63, 3.8) is 0 Å². The number of carboxylic acid groups (broad SMARTS) is 1. The molecule has 0 saturated heterocycles. The van der Waals surface area contributed by atoms with E-state index in [9.17, 15) is 4.79 Å². The highest BCUT2D eigenvalue weighted by molar-refractivity contribution is 7.13. The zero-order valence-electron chi connectivity index (χ0n) is 9.63. The van der Waals surface area contributed by atoms with Crippen molar-refractivity contribution in [3.05, 3.63) is 41.3 Å². The lowest BCUT2D eigenvalue weighted by molar-refractivity contribution is -0.145. The monoisotopic (exact) mass is 260 g/mol. The van der Waals surface area contributed by atoms with Gasteiger partial charge >= 0.3 is 5.97 Å². The van der Waals surface area contributed by atoms with Crippen LogP contribution in [0.1, 0.15) is 12.0 Å². The molecule has 0 aliphatic carbocycles. The quantitative estimate of drug-likeness (QED) is 0.902. The summed E-state index contributed by atoms with van der Waals surface area (Å²) >= 11 is 1.70. The first-order chi connectivity index (χ1) is 8.74. The fourth-order valence-electron chi connectivity index (χ4n) is 2.16. The Labute approximate surface area is 109 Å². The zero-order chi connectivity index (χ0) is 12.5. The number of carbonyl (C=O) groups is 1. The van der Waals surface area contributed by atoms with Gasteiger partial charge in [0.25, 0.3) is 0 Å². The van der Waals surface area contributed by atoms with Crippen molar-refractivity contribution < 1.29 is 14.6 Å². The van der Waals surface area contributed by atoms with E-state index in [0.717, 1.165) is 12.0 Å². The number of rotatable bonds is 2. The summed E-state index contributed by atoms with van der Waals surface area (Å²) in [6, 6.07) is 10.1. The molecule has 3 rings (SSSR count). The highest BCUT2D eigenvalue weighted by Crippen LogP contribution is 2.33. The lowest BCUT2D eigenvalue weighted by Crippen LogP contribution is -2.30. The molecule has 2 aromatic rings. The zero-order valence-corrected chi connectivity index (χ0v) is 10.4. The molecule has 1 N–H and O–H groups in total. The van der Waals surface area contributed by atoms with E-state index in [1.807, 2.05) is 23.6 Å². The van der Waals surface area contributed by atoms with Crippen molar-refractivity contribution in [2.45, 2.75) is 18.9 Å². The molecule has 4 heteroatoms. The Morgan fingerprint density at radius 3 is 3.00 bits per heavy atom. The fourth-order valence-corrected chi connectivity index (χ4v) is 2.88. The van der Waals surface area contributed by atoms with E-state index < -0.39 is 12.1 Å². The number of benzene rings is 1. The normalized spacial score (nSPS) is 17.9. The Balaban J connectivity index is 1.92. The maximum atomic E-state index is 10.9. The van der Waals surface area contributed by atoms with Gasteiger partial charge < -0.3 is 9.84 Å². The van der Waals surface area contributed by atoms with Gasteiger partial charge in [0.2, 0.25) is 0 Å². The molecule has 0 fully saturated rings. The second kappa shape index (κ2) is 4.46. The Hall–Kier alpha value is -1.81. The summed E-state index contributed by atoms with van der Waals surface area (Å²) in [6.45, 7) is 0. The molecule has 0 amide bonds. The van der Waals surface area contributed by atoms with Gasteiger partial charge in [0.15, 0.2) is 6.10 Å². The van der Waals surface area contributed by atoms with Gasteiger partial charge in [0.05, 0.1) is 0 Å². The first-order valence-corrected chi connectivity index (χ1v) is 6.68. The number of aliphatic carboxylic acids is 1. The number of thiophene rings is 1. The third-order valence-corrected chi connectivity index (χ3v) is 4.01. The highest BCUT2D eigenvalue weighted by atomic mass is 32.1. The van der Waals surface area contributed by atoms with Crippen molar-refractivity contribution in [3.8, 4) is 16.2 Å². The van der Waals surface area contributed by atoms with Crippen molar-refractivity contribution in [1.82, 2.24) is 0 Å². The molecule has 0 unspecified atom stereocenters. The van der Waals surface area contributed by atoms with Crippen molar-refractivity contribution >= 4 is 17.3 Å². The molecule has 0 saturated carbocycles. The predicted octanol–water partition coefficient (Wildman–Crippen LogP) is 3.19.